The van der Waals surface area contributed by atoms with E-state index in [1.165, 1.54) is 36.2 Å². The average Bonchev–Trinajstić information content (AvgIpc) is 2.96. The molecule has 3 rings (SSSR count). The van der Waals surface area contributed by atoms with Crippen LogP contribution in [-0.4, -0.2) is 58.5 Å². The van der Waals surface area contributed by atoms with Gasteiger partial charge < -0.3 is 19.7 Å². The Morgan fingerprint density at radius 1 is 0.975 bits per heavy atom. The van der Waals surface area contributed by atoms with E-state index in [1.807, 2.05) is 0 Å². The molecular formula is C29H34ClN3O6S. The molecule has 11 heteroatoms. The SMILES string of the molecule is CCOc1ccccc1N(CC(=O)N(Cc1ccc(OC)cc1)[C@H](CC)C(=O)NC)S(=O)(=O)c1ccc(Cl)cc1. The van der Waals surface area contributed by atoms with Crippen LogP contribution in [0.4, 0.5) is 5.69 Å². The van der Waals surface area contributed by atoms with Crippen molar-refractivity contribution in [2.45, 2.75) is 37.8 Å². The van der Waals surface area contributed by atoms with Crippen LogP contribution in [-0.2, 0) is 26.2 Å². The first-order valence-corrected chi connectivity index (χ1v) is 14.6. The number of carbonyl (C=O) groups is 2. The van der Waals surface area contributed by atoms with Gasteiger partial charge in [-0.2, -0.15) is 0 Å². The number of nitrogens with one attached hydrogen (secondary N) is 1. The first kappa shape index (κ1) is 30.8. The molecule has 1 N–H and O–H groups in total. The number of nitrogens with zero attached hydrogens (tertiary/aromatic N) is 2. The molecule has 0 radical (unpaired) electrons. The molecule has 0 heterocycles. The number of hydrogen-bond donors (Lipinski definition) is 1. The van der Waals surface area contributed by atoms with Crippen LogP contribution in [0.15, 0.2) is 77.7 Å². The van der Waals surface area contributed by atoms with E-state index in [0.29, 0.717) is 22.9 Å². The highest BCUT2D eigenvalue weighted by atomic mass is 35.5. The van der Waals surface area contributed by atoms with Crippen molar-refractivity contribution in [3.05, 3.63) is 83.4 Å². The summed E-state index contributed by atoms with van der Waals surface area (Å²) in [5, 5.41) is 2.98. The van der Waals surface area contributed by atoms with Crippen LogP contribution < -0.4 is 19.1 Å². The monoisotopic (exact) mass is 587 g/mol. The van der Waals surface area contributed by atoms with Crippen LogP contribution in [0.1, 0.15) is 25.8 Å². The fraction of sp³-hybridized carbons (Fsp3) is 0.310. The molecular weight excluding hydrogens is 554 g/mol. The van der Waals surface area contributed by atoms with E-state index in [9.17, 15) is 18.0 Å². The third-order valence-electron chi connectivity index (χ3n) is 6.26. The molecule has 0 aliphatic heterocycles. The van der Waals surface area contributed by atoms with Crippen molar-refractivity contribution >= 4 is 39.1 Å². The lowest BCUT2D eigenvalue weighted by Gasteiger charge is -2.33. The van der Waals surface area contributed by atoms with Crippen LogP contribution in [0.3, 0.4) is 0 Å². The van der Waals surface area contributed by atoms with Gasteiger partial charge in [-0.1, -0.05) is 42.8 Å². The Morgan fingerprint density at radius 3 is 2.20 bits per heavy atom. The van der Waals surface area contributed by atoms with Gasteiger partial charge in [0.2, 0.25) is 11.8 Å². The maximum atomic E-state index is 14.0. The number of sulfonamides is 1. The van der Waals surface area contributed by atoms with E-state index < -0.39 is 28.5 Å². The van der Waals surface area contributed by atoms with Crippen molar-refractivity contribution in [1.82, 2.24) is 10.2 Å². The summed E-state index contributed by atoms with van der Waals surface area (Å²) in [7, 11) is -1.20. The van der Waals surface area contributed by atoms with Gasteiger partial charge in [0.15, 0.2) is 0 Å². The number of anilines is 1. The van der Waals surface area contributed by atoms with Crippen LogP contribution in [0.25, 0.3) is 0 Å². The normalized spacial score (nSPS) is 11.8. The Morgan fingerprint density at radius 2 is 1.62 bits per heavy atom. The van der Waals surface area contributed by atoms with Crippen molar-refractivity contribution in [3.63, 3.8) is 0 Å². The summed E-state index contributed by atoms with van der Waals surface area (Å²) in [5.41, 5.74) is 0.948. The minimum absolute atomic E-state index is 0.0453. The maximum absolute atomic E-state index is 14.0. The van der Waals surface area contributed by atoms with Gasteiger partial charge in [-0.15, -0.1) is 0 Å². The molecule has 0 saturated heterocycles. The quantitative estimate of drug-likeness (QED) is 0.316. The summed E-state index contributed by atoms with van der Waals surface area (Å²) >= 11 is 6.01. The van der Waals surface area contributed by atoms with E-state index in [2.05, 4.69) is 5.32 Å². The Hall–Kier alpha value is -3.76. The fourth-order valence-electron chi connectivity index (χ4n) is 4.20. The van der Waals surface area contributed by atoms with E-state index in [0.717, 1.165) is 9.87 Å². The molecule has 2 amide bonds. The number of carbonyl (C=O) groups excluding carboxylic acids is 2. The number of rotatable bonds is 13. The average molecular weight is 588 g/mol. The van der Waals surface area contributed by atoms with Crippen molar-refractivity contribution in [2.75, 3.05) is 31.6 Å². The van der Waals surface area contributed by atoms with Crippen LogP contribution in [0.5, 0.6) is 11.5 Å². The molecule has 40 heavy (non-hydrogen) atoms. The largest absolute Gasteiger partial charge is 0.497 e. The smallest absolute Gasteiger partial charge is 0.264 e. The number of para-hydroxylation sites is 2. The van der Waals surface area contributed by atoms with Crippen LogP contribution in [0, 0.1) is 0 Å². The second kappa shape index (κ2) is 14.0. The van der Waals surface area contributed by atoms with Gasteiger partial charge in [0.05, 0.1) is 24.3 Å². The number of benzene rings is 3. The predicted molar refractivity (Wildman–Crippen MR) is 155 cm³/mol. The molecule has 1 atom stereocenters. The first-order chi connectivity index (χ1) is 19.2. The van der Waals surface area contributed by atoms with Crippen molar-refractivity contribution < 1.29 is 27.5 Å². The lowest BCUT2D eigenvalue weighted by atomic mass is 10.1. The third kappa shape index (κ3) is 7.25. The van der Waals surface area contributed by atoms with E-state index in [1.54, 1.807) is 69.5 Å². The standard InChI is InChI=1S/C29H34ClN3O6S/c1-5-25(29(35)31-3)32(19-21-11-15-23(38-4)16-12-21)28(34)20-33(26-9-7-8-10-27(26)39-6-2)40(36,37)24-17-13-22(30)14-18-24/h7-18,25H,5-6,19-20H2,1-4H3,(H,31,35)/t25-/m1/s1. The van der Waals surface area contributed by atoms with Crippen LogP contribution >= 0.6 is 11.6 Å². The maximum Gasteiger partial charge on any atom is 0.264 e. The predicted octanol–water partition coefficient (Wildman–Crippen LogP) is 4.50. The van der Waals surface area contributed by atoms with Gasteiger partial charge in [-0.25, -0.2) is 8.42 Å². The molecule has 3 aromatic rings. The lowest BCUT2D eigenvalue weighted by molar-refractivity contribution is -0.140. The van der Waals surface area contributed by atoms with E-state index in [4.69, 9.17) is 21.1 Å². The van der Waals surface area contributed by atoms with E-state index >= 15 is 0 Å². The Labute approximate surface area is 240 Å². The van der Waals surface area contributed by atoms with Crippen molar-refractivity contribution in [3.8, 4) is 11.5 Å². The summed E-state index contributed by atoms with van der Waals surface area (Å²) < 4.78 is 39.9. The van der Waals surface area contributed by atoms with Crippen LogP contribution in [0.2, 0.25) is 5.02 Å². The zero-order chi connectivity index (χ0) is 29.3. The summed E-state index contributed by atoms with van der Waals surface area (Å²) in [6.07, 6.45) is 0.320. The number of hydrogen-bond acceptors (Lipinski definition) is 6. The zero-order valence-corrected chi connectivity index (χ0v) is 24.5. The molecule has 0 aromatic heterocycles. The van der Waals surface area contributed by atoms with Gasteiger partial charge in [0.25, 0.3) is 10.0 Å². The summed E-state index contributed by atoms with van der Waals surface area (Å²) in [6.45, 7) is 3.37. The second-order valence-electron chi connectivity index (χ2n) is 8.77. The van der Waals surface area contributed by atoms with Gasteiger partial charge in [0.1, 0.15) is 24.1 Å². The topological polar surface area (TPSA) is 105 Å². The second-order valence-corrected chi connectivity index (χ2v) is 11.1. The third-order valence-corrected chi connectivity index (χ3v) is 8.28. The van der Waals surface area contributed by atoms with Crippen molar-refractivity contribution in [2.24, 2.45) is 0 Å². The molecule has 3 aromatic carbocycles. The number of methoxy groups -OCH3 is 1. The molecule has 0 unspecified atom stereocenters. The molecule has 0 fully saturated rings. The zero-order valence-electron chi connectivity index (χ0n) is 23.0. The minimum atomic E-state index is -4.25. The lowest BCUT2D eigenvalue weighted by Crippen LogP contribution is -2.51. The number of amides is 2. The van der Waals surface area contributed by atoms with Crippen molar-refractivity contribution in [1.29, 1.82) is 0 Å². The van der Waals surface area contributed by atoms with Gasteiger partial charge in [-0.05, 0) is 67.4 Å². The summed E-state index contributed by atoms with van der Waals surface area (Å²) in [5.74, 6) is 0.0319. The minimum Gasteiger partial charge on any atom is -0.497 e. The summed E-state index contributed by atoms with van der Waals surface area (Å²) in [4.78, 5) is 28.2. The Kier molecular flexibility index (Phi) is 10.8. The molecule has 0 spiro atoms. The number of ether oxygens (including phenoxy) is 2. The highest BCUT2D eigenvalue weighted by Gasteiger charge is 2.34. The molecule has 0 aliphatic rings. The highest BCUT2D eigenvalue weighted by molar-refractivity contribution is 7.92. The Balaban J connectivity index is 2.09. The Bertz CT molecular complexity index is 1400. The first-order valence-electron chi connectivity index (χ1n) is 12.8. The van der Waals surface area contributed by atoms with E-state index in [-0.39, 0.29) is 29.6 Å². The molecule has 0 bridgehead atoms. The van der Waals surface area contributed by atoms with Gasteiger partial charge in [-0.3, -0.25) is 13.9 Å². The molecule has 214 valence electrons. The number of halogens is 1. The number of likely N-dealkylation sites (N-methyl/N-ethyl adjacent to an activating group) is 1. The summed E-state index contributed by atoms with van der Waals surface area (Å²) in [6, 6.07) is 18.6. The van der Waals surface area contributed by atoms with Gasteiger partial charge in [0, 0.05) is 18.6 Å². The molecule has 0 saturated carbocycles. The fourth-order valence-corrected chi connectivity index (χ4v) is 5.75. The molecule has 9 nitrogen and oxygen atoms in total. The highest BCUT2D eigenvalue weighted by Crippen LogP contribution is 2.33. The van der Waals surface area contributed by atoms with Gasteiger partial charge >= 0.3 is 0 Å². The molecule has 0 aliphatic carbocycles.